The zero-order valence-corrected chi connectivity index (χ0v) is 41.1. The van der Waals surface area contributed by atoms with Crippen LogP contribution in [0.2, 0.25) is 0 Å². The van der Waals surface area contributed by atoms with E-state index in [2.05, 4.69) is 57.5 Å². The number of carbonyl (C=O) groups is 9. The minimum Gasteiger partial charge on any atom is -0.480 e. The molecule has 8 amide bonds. The van der Waals surface area contributed by atoms with Gasteiger partial charge in [0, 0.05) is 31.3 Å². The number of benzene rings is 1. The summed E-state index contributed by atoms with van der Waals surface area (Å²) in [5.41, 5.74) is 18.0. The molecule has 0 radical (unpaired) electrons. The van der Waals surface area contributed by atoms with Crippen molar-refractivity contribution in [1.82, 2.24) is 52.5 Å². The normalized spacial score (nSPS) is 15.4. The third kappa shape index (κ3) is 21.1. The average Bonchev–Trinajstić information content (AvgIpc) is 3.81. The first-order valence-electron chi connectivity index (χ1n) is 23.1. The molecule has 0 fully saturated rings. The second-order valence-corrected chi connectivity index (χ2v) is 17.8. The third-order valence-electron chi connectivity index (χ3n) is 10.8. The van der Waals surface area contributed by atoms with Crippen LogP contribution < -0.4 is 59.7 Å². The number of H-pyrrole nitrogens is 1. The molecular weight excluding hydrogens is 929 g/mol. The summed E-state index contributed by atoms with van der Waals surface area (Å²) in [5, 5.41) is 49.9. The van der Waals surface area contributed by atoms with Crippen molar-refractivity contribution in [1.29, 1.82) is 0 Å². The van der Waals surface area contributed by atoms with Gasteiger partial charge < -0.3 is 80.0 Å². The van der Waals surface area contributed by atoms with Crippen LogP contribution in [0, 0.1) is 11.8 Å². The molecule has 26 nitrogen and oxygen atoms in total. The molecule has 0 aliphatic heterocycles. The van der Waals surface area contributed by atoms with Crippen LogP contribution in [0.4, 0.5) is 0 Å². The van der Waals surface area contributed by atoms with E-state index in [1.807, 2.05) is 0 Å². The van der Waals surface area contributed by atoms with E-state index in [4.69, 9.17) is 17.2 Å². The van der Waals surface area contributed by atoms with Crippen molar-refractivity contribution in [3.8, 4) is 0 Å². The summed E-state index contributed by atoms with van der Waals surface area (Å²) in [7, 11) is 0. The first-order chi connectivity index (χ1) is 33.3. The molecule has 18 N–H and O–H groups in total. The Morgan fingerprint density at radius 3 is 1.69 bits per heavy atom. The molecule has 1 heterocycles. The zero-order valence-electron chi connectivity index (χ0n) is 41.1. The smallest absolute Gasteiger partial charge is 0.326 e. The van der Waals surface area contributed by atoms with Gasteiger partial charge in [0.25, 0.3) is 0 Å². The number of rotatable bonds is 30. The van der Waals surface area contributed by atoms with E-state index >= 15 is 0 Å². The number of aliphatic imine (C=N–C) groups is 1. The number of hydrogen-bond donors (Lipinski definition) is 15. The van der Waals surface area contributed by atoms with E-state index in [-0.39, 0.29) is 50.5 Å². The molecule has 0 unspecified atom stereocenters. The minimum atomic E-state index is -1.74. The number of nitrogens with zero attached hydrogens (tertiary/aromatic N) is 2. The summed E-state index contributed by atoms with van der Waals surface area (Å²) in [6, 6.07) is -3.83. The van der Waals surface area contributed by atoms with Gasteiger partial charge in [-0.3, -0.25) is 43.3 Å². The van der Waals surface area contributed by atoms with Crippen LogP contribution in [0.1, 0.15) is 79.0 Å². The molecule has 0 saturated carbocycles. The van der Waals surface area contributed by atoms with Crippen molar-refractivity contribution in [3.63, 3.8) is 0 Å². The molecular formula is C45H72N14O12. The molecule has 71 heavy (non-hydrogen) atoms. The number of aromatic amines is 1. The Hall–Kier alpha value is -7.19. The molecule has 394 valence electrons. The number of amides is 8. The fourth-order valence-electron chi connectivity index (χ4n) is 6.77. The minimum absolute atomic E-state index is 0.0155. The lowest BCUT2D eigenvalue weighted by Crippen LogP contribution is -2.62. The molecule has 10 atom stereocenters. The van der Waals surface area contributed by atoms with Crippen LogP contribution in [0.25, 0.3) is 0 Å². The van der Waals surface area contributed by atoms with Crippen molar-refractivity contribution in [3.05, 3.63) is 54.1 Å². The number of hydrogen-bond acceptors (Lipinski definition) is 14. The zero-order chi connectivity index (χ0) is 53.5. The van der Waals surface area contributed by atoms with Crippen molar-refractivity contribution in [2.75, 3.05) is 13.2 Å². The standard InChI is InChI=1S/C45H72N14O12/c1-22(2)16-31(56-38(64)29(46)18-28-19-49-21-51-28)41(67)57-33(20-60)42(68)59-35(26(7)61)43(69)53-25(6)37(63)55-32(17-27-12-9-8-10-13-27)40(66)52-24(5)36(62)54-30(14-11-15-50-45(47)48)39(65)58-34(23(3)4)44(70)71/h8-10,12-13,19,21-26,29-35,60-61H,11,14-18,20,46H2,1-7H3,(H,49,51)(H,52,66)(H,53,69)(H,54,62)(H,55,63)(H,56,64)(H,57,67)(H,58,65)(H,59,68)(H,70,71)(H4,47,48,50)/t24-,25-,26+,29-,30-,31-,32-,33-,34-,35-/m0/s1. The van der Waals surface area contributed by atoms with E-state index in [9.17, 15) is 58.5 Å². The molecule has 1 aromatic carbocycles. The maximum absolute atomic E-state index is 13.8. The summed E-state index contributed by atoms with van der Waals surface area (Å²) >= 11 is 0. The van der Waals surface area contributed by atoms with Gasteiger partial charge in [-0.05, 0) is 57.4 Å². The highest BCUT2D eigenvalue weighted by Crippen LogP contribution is 2.10. The number of nitrogens with two attached hydrogens (primary N) is 3. The van der Waals surface area contributed by atoms with E-state index in [0.29, 0.717) is 11.3 Å². The predicted molar refractivity (Wildman–Crippen MR) is 258 cm³/mol. The third-order valence-corrected chi connectivity index (χ3v) is 10.8. The van der Waals surface area contributed by atoms with Crippen LogP contribution in [-0.2, 0) is 56.0 Å². The molecule has 0 aliphatic carbocycles. The summed E-state index contributed by atoms with van der Waals surface area (Å²) < 4.78 is 0. The maximum Gasteiger partial charge on any atom is 0.326 e. The number of carboxylic acids is 1. The second kappa shape index (κ2) is 29.8. The molecule has 0 saturated heterocycles. The lowest BCUT2D eigenvalue weighted by Gasteiger charge is -2.27. The van der Waals surface area contributed by atoms with Gasteiger partial charge in [0.15, 0.2) is 5.96 Å². The van der Waals surface area contributed by atoms with Gasteiger partial charge in [-0.1, -0.05) is 58.0 Å². The predicted octanol–water partition coefficient (Wildman–Crippen LogP) is -4.35. The van der Waals surface area contributed by atoms with Crippen LogP contribution in [0.3, 0.4) is 0 Å². The quantitative estimate of drug-likeness (QED) is 0.0200. The molecule has 0 spiro atoms. The lowest BCUT2D eigenvalue weighted by molar-refractivity contribution is -0.143. The number of aromatic nitrogens is 2. The van der Waals surface area contributed by atoms with Gasteiger partial charge in [-0.2, -0.15) is 0 Å². The Morgan fingerprint density at radius 1 is 0.648 bits per heavy atom. The van der Waals surface area contributed by atoms with Crippen molar-refractivity contribution >= 4 is 59.2 Å². The number of guanidine groups is 1. The Morgan fingerprint density at radius 2 is 1.17 bits per heavy atom. The highest BCUT2D eigenvalue weighted by molar-refractivity contribution is 5.98. The molecule has 1 aromatic heterocycles. The van der Waals surface area contributed by atoms with Crippen molar-refractivity contribution < 1.29 is 58.5 Å². The van der Waals surface area contributed by atoms with Crippen LogP contribution in [0.5, 0.6) is 0 Å². The first kappa shape index (κ1) is 59.9. The number of imidazole rings is 1. The Bertz CT molecular complexity index is 2120. The highest BCUT2D eigenvalue weighted by Gasteiger charge is 2.35. The number of carboxylic acid groups (broad SMARTS) is 1. The Labute approximate surface area is 411 Å². The van der Waals surface area contributed by atoms with E-state index in [0.717, 1.165) is 0 Å². The van der Waals surface area contributed by atoms with Crippen LogP contribution in [-0.4, -0.2) is 158 Å². The number of nitrogens with one attached hydrogen (secondary N) is 9. The Balaban J connectivity index is 2.19. The van der Waals surface area contributed by atoms with Gasteiger partial charge in [0.1, 0.15) is 48.3 Å². The Kier molecular flexibility index (Phi) is 25.1. The summed E-state index contributed by atoms with van der Waals surface area (Å²) in [4.78, 5) is 130. The van der Waals surface area contributed by atoms with Crippen molar-refractivity contribution in [2.45, 2.75) is 141 Å². The largest absolute Gasteiger partial charge is 0.480 e. The van der Waals surface area contributed by atoms with Crippen molar-refractivity contribution in [2.24, 2.45) is 34.0 Å². The van der Waals surface area contributed by atoms with Crippen LogP contribution in [0.15, 0.2) is 47.8 Å². The fraction of sp³-hybridized carbons (Fsp3) is 0.578. The van der Waals surface area contributed by atoms with E-state index < -0.39 is 126 Å². The number of aliphatic hydroxyl groups excluding tert-OH is 2. The van der Waals surface area contributed by atoms with Crippen LogP contribution >= 0.6 is 0 Å². The summed E-state index contributed by atoms with van der Waals surface area (Å²) in [6.07, 6.45) is 1.62. The van der Waals surface area contributed by atoms with E-state index in [1.165, 1.54) is 33.3 Å². The van der Waals surface area contributed by atoms with Gasteiger partial charge in [-0.25, -0.2) is 9.78 Å². The maximum atomic E-state index is 13.8. The number of aliphatic carboxylic acids is 1. The van der Waals surface area contributed by atoms with Gasteiger partial charge in [-0.15, -0.1) is 0 Å². The molecule has 0 bridgehead atoms. The van der Waals surface area contributed by atoms with Gasteiger partial charge >= 0.3 is 5.97 Å². The monoisotopic (exact) mass is 1000 g/mol. The van der Waals surface area contributed by atoms with Gasteiger partial charge in [0.2, 0.25) is 47.3 Å². The molecule has 26 heteroatoms. The topological polar surface area (TPSA) is 430 Å². The SMILES string of the molecule is CC(C)C[C@H](NC(=O)[C@@H](N)Cc1cnc[nH]1)C(=O)N[C@@H](CO)C(=O)N[C@H](C(=O)N[C@@H](C)C(=O)N[C@@H](Cc1ccccc1)C(=O)N[C@@H](C)C(=O)N[C@@H](CCCN=C(N)N)C(=O)N[C@H](C(=O)O)C(C)C)[C@@H](C)O. The summed E-state index contributed by atoms with van der Waals surface area (Å²) in [5.74, 6) is -9.17. The fourth-order valence-corrected chi connectivity index (χ4v) is 6.77. The number of carbonyl (C=O) groups excluding carboxylic acids is 8. The lowest BCUT2D eigenvalue weighted by atomic mass is 10.0. The second-order valence-electron chi connectivity index (χ2n) is 17.8. The highest BCUT2D eigenvalue weighted by atomic mass is 16.4. The van der Waals surface area contributed by atoms with E-state index in [1.54, 1.807) is 58.0 Å². The molecule has 0 aliphatic rings. The first-order valence-corrected chi connectivity index (χ1v) is 23.1. The number of aliphatic hydroxyl groups is 2. The summed E-state index contributed by atoms with van der Waals surface area (Å²) in [6.45, 7) is 9.64. The molecule has 2 aromatic rings. The average molecular weight is 1000 g/mol. The van der Waals surface area contributed by atoms with Gasteiger partial charge in [0.05, 0.1) is 25.1 Å². The molecule has 2 rings (SSSR count).